The molecular formula is C21H17BrN4OS. The van der Waals surface area contributed by atoms with Crippen LogP contribution in [-0.4, -0.2) is 20.7 Å². The molecule has 0 aliphatic carbocycles. The van der Waals surface area contributed by atoms with E-state index in [1.54, 1.807) is 10.9 Å². The number of benzene rings is 2. The van der Waals surface area contributed by atoms with Crippen molar-refractivity contribution in [1.29, 1.82) is 0 Å². The molecule has 2 aromatic heterocycles. The van der Waals surface area contributed by atoms with Crippen molar-refractivity contribution in [1.82, 2.24) is 14.8 Å². The molecule has 28 heavy (non-hydrogen) atoms. The van der Waals surface area contributed by atoms with Crippen LogP contribution in [0.2, 0.25) is 0 Å². The summed E-state index contributed by atoms with van der Waals surface area (Å²) >= 11 is 4.92. The second-order valence-corrected chi connectivity index (χ2v) is 8.40. The molecule has 0 atom stereocenters. The van der Waals surface area contributed by atoms with Gasteiger partial charge in [-0.15, -0.1) is 11.3 Å². The summed E-state index contributed by atoms with van der Waals surface area (Å²) in [5.74, 6) is -0.108. The van der Waals surface area contributed by atoms with Gasteiger partial charge in [0, 0.05) is 21.1 Å². The normalized spacial score (nSPS) is 10.8. The molecule has 0 aliphatic heterocycles. The number of carbonyl (C=O) groups is 1. The zero-order valence-corrected chi connectivity index (χ0v) is 17.5. The van der Waals surface area contributed by atoms with Crippen LogP contribution < -0.4 is 5.32 Å². The predicted octanol–water partition coefficient (Wildman–Crippen LogP) is 5.25. The van der Waals surface area contributed by atoms with Gasteiger partial charge in [-0.05, 0) is 36.8 Å². The van der Waals surface area contributed by atoms with E-state index in [9.17, 15) is 4.79 Å². The number of amides is 1. The number of hydrogen-bond acceptors (Lipinski definition) is 4. The van der Waals surface area contributed by atoms with Gasteiger partial charge in [-0.2, -0.15) is 5.10 Å². The van der Waals surface area contributed by atoms with E-state index in [0.717, 1.165) is 31.9 Å². The number of aromatic nitrogens is 3. The van der Waals surface area contributed by atoms with Crippen LogP contribution in [0.5, 0.6) is 0 Å². The Morgan fingerprint density at radius 2 is 1.89 bits per heavy atom. The lowest BCUT2D eigenvalue weighted by molar-refractivity contribution is -0.115. The van der Waals surface area contributed by atoms with Crippen LogP contribution in [0, 0.1) is 6.92 Å². The fraction of sp³-hybridized carbons (Fsp3) is 0.0952. The summed E-state index contributed by atoms with van der Waals surface area (Å²) in [5, 5.41) is 7.84. The largest absolute Gasteiger partial charge is 0.302 e. The van der Waals surface area contributed by atoms with Crippen molar-refractivity contribution >= 4 is 38.3 Å². The Morgan fingerprint density at radius 3 is 2.64 bits per heavy atom. The second kappa shape index (κ2) is 8.08. The van der Waals surface area contributed by atoms with Gasteiger partial charge in [0.2, 0.25) is 5.91 Å². The molecule has 0 fully saturated rings. The van der Waals surface area contributed by atoms with Crippen LogP contribution in [0.3, 0.4) is 0 Å². The molecule has 4 rings (SSSR count). The Morgan fingerprint density at radius 1 is 1.14 bits per heavy atom. The average molecular weight is 453 g/mol. The molecule has 0 saturated heterocycles. The number of thiazole rings is 1. The van der Waals surface area contributed by atoms with Crippen molar-refractivity contribution in [3.63, 3.8) is 0 Å². The van der Waals surface area contributed by atoms with Gasteiger partial charge in [0.15, 0.2) is 5.13 Å². The summed E-state index contributed by atoms with van der Waals surface area (Å²) in [7, 11) is 0. The summed E-state index contributed by atoms with van der Waals surface area (Å²) in [5.41, 5.74) is 3.73. The van der Waals surface area contributed by atoms with Crippen LogP contribution in [0.1, 0.15) is 10.4 Å². The Hall–Kier alpha value is -2.77. The van der Waals surface area contributed by atoms with Crippen molar-refractivity contribution in [2.24, 2.45) is 0 Å². The maximum atomic E-state index is 12.4. The van der Waals surface area contributed by atoms with Crippen molar-refractivity contribution in [2.75, 3.05) is 5.32 Å². The van der Waals surface area contributed by atoms with Crippen molar-refractivity contribution < 1.29 is 4.79 Å². The third kappa shape index (κ3) is 4.21. The minimum absolute atomic E-state index is 0.108. The number of nitrogens with one attached hydrogen (secondary N) is 1. The highest BCUT2D eigenvalue weighted by molar-refractivity contribution is 9.10. The van der Waals surface area contributed by atoms with E-state index in [1.807, 2.05) is 67.7 Å². The lowest BCUT2D eigenvalue weighted by Crippen LogP contribution is -2.13. The number of rotatable bonds is 5. The molecule has 0 bridgehead atoms. The SMILES string of the molecule is Cc1sc(NC(=O)Cc2cnn(-c3ccccc3)c2)nc1-c1ccc(Br)cc1. The molecule has 0 aliphatic rings. The Kier molecular flexibility index (Phi) is 5.36. The van der Waals surface area contributed by atoms with Gasteiger partial charge in [-0.1, -0.05) is 46.3 Å². The van der Waals surface area contributed by atoms with Gasteiger partial charge in [-0.3, -0.25) is 4.79 Å². The monoisotopic (exact) mass is 452 g/mol. The van der Waals surface area contributed by atoms with E-state index in [0.29, 0.717) is 5.13 Å². The number of nitrogens with zero attached hydrogens (tertiary/aromatic N) is 3. The molecule has 4 aromatic rings. The number of aryl methyl sites for hydroxylation is 1. The van der Waals surface area contributed by atoms with E-state index in [-0.39, 0.29) is 12.3 Å². The topological polar surface area (TPSA) is 59.8 Å². The molecule has 2 heterocycles. The van der Waals surface area contributed by atoms with Crippen molar-refractivity contribution in [3.05, 3.63) is 81.9 Å². The van der Waals surface area contributed by atoms with Crippen molar-refractivity contribution in [3.8, 4) is 16.9 Å². The first-order valence-electron chi connectivity index (χ1n) is 8.71. The molecule has 2 aromatic carbocycles. The quantitative estimate of drug-likeness (QED) is 0.449. The molecule has 5 nitrogen and oxygen atoms in total. The fourth-order valence-electron chi connectivity index (χ4n) is 2.85. The first-order chi connectivity index (χ1) is 13.6. The lowest BCUT2D eigenvalue weighted by Gasteiger charge is -2.01. The molecule has 0 unspecified atom stereocenters. The van der Waals surface area contributed by atoms with Gasteiger partial charge in [-0.25, -0.2) is 9.67 Å². The van der Waals surface area contributed by atoms with Gasteiger partial charge < -0.3 is 5.32 Å². The summed E-state index contributed by atoms with van der Waals surface area (Å²) in [6.07, 6.45) is 3.83. The molecule has 0 radical (unpaired) electrons. The third-order valence-corrected chi connectivity index (χ3v) is 5.60. The number of carbonyl (C=O) groups excluding carboxylic acids is 1. The zero-order chi connectivity index (χ0) is 19.5. The van der Waals surface area contributed by atoms with Gasteiger partial charge in [0.05, 0.1) is 24.0 Å². The highest BCUT2D eigenvalue weighted by Crippen LogP contribution is 2.31. The van der Waals surface area contributed by atoms with Crippen LogP contribution in [-0.2, 0) is 11.2 Å². The summed E-state index contributed by atoms with van der Waals surface area (Å²) in [6, 6.07) is 17.8. The van der Waals surface area contributed by atoms with Gasteiger partial charge >= 0.3 is 0 Å². The number of anilines is 1. The van der Waals surface area contributed by atoms with Crippen LogP contribution in [0.4, 0.5) is 5.13 Å². The highest BCUT2D eigenvalue weighted by atomic mass is 79.9. The summed E-state index contributed by atoms with van der Waals surface area (Å²) in [4.78, 5) is 18.1. The summed E-state index contributed by atoms with van der Waals surface area (Å²) in [6.45, 7) is 2.01. The third-order valence-electron chi connectivity index (χ3n) is 4.18. The van der Waals surface area contributed by atoms with E-state index in [4.69, 9.17) is 0 Å². The minimum atomic E-state index is -0.108. The lowest BCUT2D eigenvalue weighted by atomic mass is 10.1. The first-order valence-corrected chi connectivity index (χ1v) is 10.3. The first kappa shape index (κ1) is 18.6. The minimum Gasteiger partial charge on any atom is -0.302 e. The predicted molar refractivity (Wildman–Crippen MR) is 116 cm³/mol. The number of para-hydroxylation sites is 1. The molecule has 140 valence electrons. The average Bonchev–Trinajstić information content (AvgIpc) is 3.30. The van der Waals surface area contributed by atoms with Gasteiger partial charge in [0.25, 0.3) is 0 Å². The molecule has 0 spiro atoms. The second-order valence-electron chi connectivity index (χ2n) is 6.28. The van der Waals surface area contributed by atoms with E-state index in [1.165, 1.54) is 11.3 Å². The van der Waals surface area contributed by atoms with Crippen LogP contribution in [0.15, 0.2) is 71.5 Å². The number of hydrogen-bond donors (Lipinski definition) is 1. The Bertz CT molecular complexity index is 1100. The standard InChI is InChI=1S/C21H17BrN4OS/c1-14-20(16-7-9-17(22)10-8-16)25-21(28-14)24-19(27)11-15-12-23-26(13-15)18-5-3-2-4-6-18/h2-10,12-13H,11H2,1H3,(H,24,25,27). The van der Waals surface area contributed by atoms with E-state index < -0.39 is 0 Å². The smallest absolute Gasteiger partial charge is 0.230 e. The van der Waals surface area contributed by atoms with E-state index in [2.05, 4.69) is 31.3 Å². The van der Waals surface area contributed by atoms with Gasteiger partial charge in [0.1, 0.15) is 0 Å². The Labute approximate surface area is 175 Å². The number of halogens is 1. The zero-order valence-electron chi connectivity index (χ0n) is 15.1. The molecule has 7 heteroatoms. The maximum Gasteiger partial charge on any atom is 0.230 e. The maximum absolute atomic E-state index is 12.4. The molecular weight excluding hydrogens is 436 g/mol. The van der Waals surface area contributed by atoms with Crippen LogP contribution >= 0.6 is 27.3 Å². The molecule has 0 saturated carbocycles. The molecule has 1 amide bonds. The van der Waals surface area contributed by atoms with Crippen LogP contribution in [0.25, 0.3) is 16.9 Å². The Balaban J connectivity index is 1.44. The fourth-order valence-corrected chi connectivity index (χ4v) is 3.96. The summed E-state index contributed by atoms with van der Waals surface area (Å²) < 4.78 is 2.79. The van der Waals surface area contributed by atoms with Crippen molar-refractivity contribution in [2.45, 2.75) is 13.3 Å². The van der Waals surface area contributed by atoms with E-state index >= 15 is 0 Å². The molecule has 1 N–H and O–H groups in total. The highest BCUT2D eigenvalue weighted by Gasteiger charge is 2.13.